The van der Waals surface area contributed by atoms with Gasteiger partial charge in [0.1, 0.15) is 24.7 Å². The predicted octanol–water partition coefficient (Wildman–Crippen LogP) is 5.91. The minimum Gasteiger partial charge on any atom is -0.491 e. The van der Waals surface area contributed by atoms with Crippen molar-refractivity contribution in [1.82, 2.24) is 9.80 Å². The van der Waals surface area contributed by atoms with Crippen LogP contribution in [0.1, 0.15) is 45.7 Å². The zero-order chi connectivity index (χ0) is 24.9. The Bertz CT molecular complexity index is 1210. The van der Waals surface area contributed by atoms with Gasteiger partial charge >= 0.3 is 0 Å². The number of halogens is 2. The first-order valence-electron chi connectivity index (χ1n) is 11.7. The summed E-state index contributed by atoms with van der Waals surface area (Å²) in [5.41, 5.74) is 1.96. The fraction of sp³-hybridized carbons (Fsp3) is 0.333. The van der Waals surface area contributed by atoms with Crippen molar-refractivity contribution in [3.8, 4) is 5.75 Å². The number of hydrogen-bond acceptors (Lipinski definition) is 4. The number of thiophene rings is 1. The van der Waals surface area contributed by atoms with E-state index in [2.05, 4.69) is 0 Å². The smallest absolute Gasteiger partial charge is 0.257 e. The van der Waals surface area contributed by atoms with Crippen LogP contribution in [-0.2, 0) is 11.2 Å². The van der Waals surface area contributed by atoms with Crippen LogP contribution in [0.2, 0.25) is 5.02 Å². The highest BCUT2D eigenvalue weighted by molar-refractivity contribution is 7.10. The van der Waals surface area contributed by atoms with E-state index in [-0.39, 0.29) is 30.7 Å². The summed E-state index contributed by atoms with van der Waals surface area (Å²) in [5, 5.41) is 2.70. The second-order valence-electron chi connectivity index (χ2n) is 8.58. The highest BCUT2D eigenvalue weighted by Crippen LogP contribution is 2.34. The summed E-state index contributed by atoms with van der Waals surface area (Å²) in [6, 6.07) is 13.1. The second kappa shape index (κ2) is 11.2. The largest absolute Gasteiger partial charge is 0.491 e. The van der Waals surface area contributed by atoms with Gasteiger partial charge in [-0.1, -0.05) is 30.7 Å². The Morgan fingerprint density at radius 1 is 1.23 bits per heavy atom. The number of nitrogens with zero attached hydrogens (tertiary/aromatic N) is 2. The number of hydrogen-bond donors (Lipinski definition) is 0. The Hall–Kier alpha value is -2.90. The number of rotatable bonds is 8. The van der Waals surface area contributed by atoms with Crippen molar-refractivity contribution in [1.29, 1.82) is 0 Å². The Labute approximate surface area is 214 Å². The summed E-state index contributed by atoms with van der Waals surface area (Å²) >= 11 is 7.82. The van der Waals surface area contributed by atoms with E-state index in [0.717, 1.165) is 17.5 Å². The Morgan fingerprint density at radius 2 is 2.03 bits per heavy atom. The molecule has 4 rings (SSSR count). The summed E-state index contributed by atoms with van der Waals surface area (Å²) in [6.45, 7) is 4.91. The van der Waals surface area contributed by atoms with Crippen molar-refractivity contribution in [3.05, 3.63) is 86.3 Å². The average molecular weight is 515 g/mol. The van der Waals surface area contributed by atoms with Crippen LogP contribution in [0.15, 0.2) is 53.9 Å². The molecule has 2 aromatic carbocycles. The van der Waals surface area contributed by atoms with E-state index in [4.69, 9.17) is 16.3 Å². The molecular weight excluding hydrogens is 487 g/mol. The molecule has 8 heteroatoms. The molecule has 0 N–H and O–H groups in total. The van der Waals surface area contributed by atoms with E-state index in [1.165, 1.54) is 21.9 Å². The zero-order valence-electron chi connectivity index (χ0n) is 19.8. The van der Waals surface area contributed by atoms with E-state index in [1.807, 2.05) is 37.4 Å². The fourth-order valence-corrected chi connectivity index (χ4v) is 5.38. The van der Waals surface area contributed by atoms with Gasteiger partial charge in [-0.2, -0.15) is 0 Å². The lowest BCUT2D eigenvalue weighted by Crippen LogP contribution is -2.48. The molecule has 1 aliphatic heterocycles. The molecule has 0 saturated carbocycles. The van der Waals surface area contributed by atoms with Crippen LogP contribution < -0.4 is 4.74 Å². The first-order chi connectivity index (χ1) is 16.9. The number of ether oxygens (including phenoxy) is 1. The van der Waals surface area contributed by atoms with E-state index < -0.39 is 11.7 Å². The van der Waals surface area contributed by atoms with Crippen LogP contribution in [-0.4, -0.2) is 47.9 Å². The van der Waals surface area contributed by atoms with Crippen LogP contribution >= 0.6 is 22.9 Å². The molecule has 0 fully saturated rings. The van der Waals surface area contributed by atoms with Gasteiger partial charge in [0.2, 0.25) is 5.91 Å². The van der Waals surface area contributed by atoms with Crippen molar-refractivity contribution in [2.24, 2.45) is 0 Å². The van der Waals surface area contributed by atoms with Gasteiger partial charge in [-0.05, 0) is 72.7 Å². The highest BCUT2D eigenvalue weighted by Gasteiger charge is 2.33. The third kappa shape index (κ3) is 5.68. The molecule has 0 unspecified atom stereocenters. The molecule has 2 amide bonds. The lowest BCUT2D eigenvalue weighted by Gasteiger charge is -2.37. The number of carbonyl (C=O) groups excluding carboxylic acids is 2. The normalized spacial score (nSPS) is 15.0. The quantitative estimate of drug-likeness (QED) is 0.375. The number of fused-ring (bicyclic) bond motifs is 1. The van der Waals surface area contributed by atoms with Gasteiger partial charge in [-0.15, -0.1) is 11.3 Å². The standard InChI is InChI=1S/C27H28ClFN2O3S/c1-3-12-30(27(33)20-6-4-5-7-23(20)29)16-26(32)31-13-10-25-21(11-14-35-25)24(31)17-34-19-8-9-22(28)18(2)15-19/h4-9,11,14-15,24H,3,10,12-13,16-17H2,1-2H3/t24-/m1/s1. The van der Waals surface area contributed by atoms with Gasteiger partial charge in [0, 0.05) is 23.0 Å². The lowest BCUT2D eigenvalue weighted by atomic mass is 10.00. The first kappa shape index (κ1) is 25.2. The van der Waals surface area contributed by atoms with Crippen LogP contribution in [0.5, 0.6) is 5.75 Å². The molecule has 5 nitrogen and oxygen atoms in total. The molecule has 35 heavy (non-hydrogen) atoms. The van der Waals surface area contributed by atoms with Crippen LogP contribution in [0.25, 0.3) is 0 Å². The number of carbonyl (C=O) groups is 2. The molecule has 1 atom stereocenters. The summed E-state index contributed by atoms with van der Waals surface area (Å²) in [4.78, 5) is 31.0. The summed E-state index contributed by atoms with van der Waals surface area (Å²) in [6.07, 6.45) is 1.41. The van der Waals surface area contributed by atoms with Gasteiger partial charge in [0.05, 0.1) is 11.6 Å². The van der Waals surface area contributed by atoms with Crippen molar-refractivity contribution >= 4 is 34.8 Å². The fourth-order valence-electron chi connectivity index (χ4n) is 4.34. The SMILES string of the molecule is CCCN(CC(=O)N1CCc2sccc2[C@H]1COc1ccc(Cl)c(C)c1)C(=O)c1ccccc1F. The van der Waals surface area contributed by atoms with Gasteiger partial charge in [-0.25, -0.2) is 4.39 Å². The number of amides is 2. The van der Waals surface area contributed by atoms with E-state index in [0.29, 0.717) is 30.3 Å². The van der Waals surface area contributed by atoms with Crippen LogP contribution in [0.4, 0.5) is 4.39 Å². The van der Waals surface area contributed by atoms with Gasteiger partial charge in [0.25, 0.3) is 5.91 Å². The maximum Gasteiger partial charge on any atom is 0.257 e. The van der Waals surface area contributed by atoms with Crippen LogP contribution in [0.3, 0.4) is 0 Å². The average Bonchev–Trinajstić information content (AvgIpc) is 3.33. The van der Waals surface area contributed by atoms with Gasteiger partial charge < -0.3 is 14.5 Å². The molecule has 1 aliphatic rings. The molecule has 184 valence electrons. The Morgan fingerprint density at radius 3 is 2.77 bits per heavy atom. The minimum atomic E-state index is -0.587. The third-order valence-corrected chi connectivity index (χ3v) is 7.58. The maximum atomic E-state index is 14.3. The topological polar surface area (TPSA) is 49.9 Å². The first-order valence-corrected chi connectivity index (χ1v) is 12.9. The minimum absolute atomic E-state index is 0.0227. The third-order valence-electron chi connectivity index (χ3n) is 6.16. The zero-order valence-corrected chi connectivity index (χ0v) is 21.4. The maximum absolute atomic E-state index is 14.3. The van der Waals surface area contributed by atoms with E-state index in [9.17, 15) is 14.0 Å². The lowest BCUT2D eigenvalue weighted by molar-refractivity contribution is -0.135. The number of aryl methyl sites for hydroxylation is 1. The molecule has 0 aliphatic carbocycles. The Kier molecular flexibility index (Phi) is 8.08. The summed E-state index contributed by atoms with van der Waals surface area (Å²) in [5.74, 6) is -0.558. The molecule has 2 heterocycles. The molecule has 0 bridgehead atoms. The molecule has 0 saturated heterocycles. The summed E-state index contributed by atoms with van der Waals surface area (Å²) < 4.78 is 20.4. The van der Waals surface area contributed by atoms with E-state index in [1.54, 1.807) is 34.4 Å². The molecule has 3 aromatic rings. The van der Waals surface area contributed by atoms with E-state index >= 15 is 0 Å². The summed E-state index contributed by atoms with van der Waals surface area (Å²) in [7, 11) is 0. The number of benzene rings is 2. The molecular formula is C27H28ClFN2O3S. The Balaban J connectivity index is 1.53. The molecule has 1 aromatic heterocycles. The monoisotopic (exact) mass is 514 g/mol. The predicted molar refractivity (Wildman–Crippen MR) is 137 cm³/mol. The molecule has 0 spiro atoms. The van der Waals surface area contributed by atoms with Crippen LogP contribution in [0, 0.1) is 12.7 Å². The van der Waals surface area contributed by atoms with Crippen molar-refractivity contribution < 1.29 is 18.7 Å². The highest BCUT2D eigenvalue weighted by atomic mass is 35.5. The van der Waals surface area contributed by atoms with Crippen molar-refractivity contribution in [2.45, 2.75) is 32.7 Å². The molecule has 0 radical (unpaired) electrons. The van der Waals surface area contributed by atoms with Gasteiger partial charge in [-0.3, -0.25) is 9.59 Å². The van der Waals surface area contributed by atoms with Gasteiger partial charge in [0.15, 0.2) is 0 Å². The second-order valence-corrected chi connectivity index (χ2v) is 9.99. The van der Waals surface area contributed by atoms with Crippen molar-refractivity contribution in [3.63, 3.8) is 0 Å². The van der Waals surface area contributed by atoms with Crippen molar-refractivity contribution in [2.75, 3.05) is 26.2 Å².